The van der Waals surface area contributed by atoms with Gasteiger partial charge in [-0.3, -0.25) is 4.79 Å². The molecule has 124 valence electrons. The number of rotatable bonds is 6. The van der Waals surface area contributed by atoms with Crippen LogP contribution in [0.4, 0.5) is 10.8 Å². The van der Waals surface area contributed by atoms with Crippen molar-refractivity contribution in [3.8, 4) is 11.4 Å². The number of aliphatic carboxylic acids is 1. The minimum Gasteiger partial charge on any atom is -0.494 e. The number of carboxylic acids is 1. The van der Waals surface area contributed by atoms with Gasteiger partial charge in [-0.2, -0.15) is 0 Å². The number of carbonyl (C=O) groups is 1. The zero-order valence-electron chi connectivity index (χ0n) is 13.2. The minimum absolute atomic E-state index is 0.0829. The average Bonchev–Trinajstić information content (AvgIpc) is 3.16. The third-order valence-corrected chi connectivity index (χ3v) is 4.11. The highest BCUT2D eigenvalue weighted by Crippen LogP contribution is 2.29. The lowest BCUT2D eigenvalue weighted by Gasteiger charge is -2.11. The lowest BCUT2D eigenvalue weighted by Crippen LogP contribution is -2.00. The van der Waals surface area contributed by atoms with Crippen molar-refractivity contribution in [3.63, 3.8) is 0 Å². The highest BCUT2D eigenvalue weighted by Gasteiger charge is 2.10. The van der Waals surface area contributed by atoms with Crippen molar-refractivity contribution in [2.24, 2.45) is 0 Å². The summed E-state index contributed by atoms with van der Waals surface area (Å²) >= 11 is 1.36. The Bertz CT molecular complexity index is 872. The van der Waals surface area contributed by atoms with Gasteiger partial charge < -0.3 is 19.7 Å². The maximum absolute atomic E-state index is 10.7. The molecule has 0 aliphatic rings. The quantitative estimate of drug-likeness (QED) is 0.714. The second-order valence-electron chi connectivity index (χ2n) is 5.15. The van der Waals surface area contributed by atoms with Gasteiger partial charge >= 0.3 is 5.97 Å². The molecule has 0 amide bonds. The third-order valence-electron chi connectivity index (χ3n) is 3.30. The van der Waals surface area contributed by atoms with Crippen molar-refractivity contribution in [1.82, 2.24) is 14.5 Å². The first-order valence-corrected chi connectivity index (χ1v) is 8.05. The molecule has 24 heavy (non-hydrogen) atoms. The second-order valence-corrected chi connectivity index (χ2v) is 6.01. The number of imidazole rings is 1. The van der Waals surface area contributed by atoms with Crippen LogP contribution in [0, 0.1) is 6.92 Å². The van der Waals surface area contributed by atoms with Gasteiger partial charge in [0.05, 0.1) is 36.9 Å². The first-order chi connectivity index (χ1) is 11.5. The zero-order chi connectivity index (χ0) is 17.1. The van der Waals surface area contributed by atoms with Crippen LogP contribution in [0.5, 0.6) is 5.75 Å². The molecular formula is C16H16N4O3S. The van der Waals surface area contributed by atoms with Crippen LogP contribution in [-0.2, 0) is 11.2 Å². The number of nitrogens with zero attached hydrogens (tertiary/aromatic N) is 3. The van der Waals surface area contributed by atoms with Gasteiger partial charge in [-0.25, -0.2) is 9.97 Å². The van der Waals surface area contributed by atoms with E-state index < -0.39 is 5.97 Å². The highest BCUT2D eigenvalue weighted by molar-refractivity contribution is 7.13. The standard InChI is InChI=1S/C16H16N4O3S/c1-10-7-20(9-17-10)13-4-3-11(5-14(13)23-2)18-16-19-12(8-24-16)6-15(21)22/h3-5,7-9H,6H2,1-2H3,(H,18,19)(H,21,22). The number of anilines is 2. The maximum Gasteiger partial charge on any atom is 0.309 e. The fraction of sp³-hybridized carbons (Fsp3) is 0.188. The summed E-state index contributed by atoms with van der Waals surface area (Å²) in [6.07, 6.45) is 3.57. The van der Waals surface area contributed by atoms with E-state index in [1.54, 1.807) is 18.8 Å². The van der Waals surface area contributed by atoms with E-state index >= 15 is 0 Å². The van der Waals surface area contributed by atoms with Gasteiger partial charge in [0.1, 0.15) is 5.75 Å². The molecule has 0 saturated heterocycles. The molecule has 8 heteroatoms. The number of methoxy groups -OCH3 is 1. The maximum atomic E-state index is 10.7. The molecule has 0 aliphatic carbocycles. The molecule has 0 fully saturated rings. The molecule has 1 aromatic carbocycles. The van der Waals surface area contributed by atoms with Gasteiger partial charge in [0, 0.05) is 23.3 Å². The van der Waals surface area contributed by atoms with E-state index in [-0.39, 0.29) is 6.42 Å². The average molecular weight is 344 g/mol. The van der Waals surface area contributed by atoms with Gasteiger partial charge in [0.2, 0.25) is 0 Å². The van der Waals surface area contributed by atoms with Crippen LogP contribution in [0.15, 0.2) is 36.1 Å². The Hall–Kier alpha value is -2.87. The third kappa shape index (κ3) is 3.54. The molecule has 0 radical (unpaired) electrons. The molecule has 0 atom stereocenters. The lowest BCUT2D eigenvalue weighted by atomic mass is 10.2. The summed E-state index contributed by atoms with van der Waals surface area (Å²) in [7, 11) is 1.61. The van der Waals surface area contributed by atoms with Crippen LogP contribution in [0.3, 0.4) is 0 Å². The Kier molecular flexibility index (Phi) is 4.48. The summed E-state index contributed by atoms with van der Waals surface area (Å²) in [6.45, 7) is 1.93. The summed E-state index contributed by atoms with van der Waals surface area (Å²) in [5.41, 5.74) is 3.15. The van der Waals surface area contributed by atoms with Crippen LogP contribution < -0.4 is 10.1 Å². The molecule has 2 N–H and O–H groups in total. The van der Waals surface area contributed by atoms with Crippen LogP contribution in [-0.4, -0.2) is 32.7 Å². The van der Waals surface area contributed by atoms with Crippen LogP contribution in [0.2, 0.25) is 0 Å². The Morgan fingerprint density at radius 3 is 2.96 bits per heavy atom. The largest absolute Gasteiger partial charge is 0.494 e. The molecule has 0 bridgehead atoms. The fourth-order valence-corrected chi connectivity index (χ4v) is 2.98. The summed E-state index contributed by atoms with van der Waals surface area (Å²) in [4.78, 5) is 19.2. The van der Waals surface area contributed by atoms with E-state index in [2.05, 4.69) is 15.3 Å². The second kappa shape index (κ2) is 6.71. The molecule has 2 heterocycles. The van der Waals surface area contributed by atoms with Crippen molar-refractivity contribution in [1.29, 1.82) is 0 Å². The SMILES string of the molecule is COc1cc(Nc2nc(CC(=O)O)cs2)ccc1-n1cnc(C)c1. The predicted molar refractivity (Wildman–Crippen MR) is 91.6 cm³/mol. The van der Waals surface area contributed by atoms with E-state index in [4.69, 9.17) is 9.84 Å². The van der Waals surface area contributed by atoms with Gasteiger partial charge in [0.15, 0.2) is 5.13 Å². The summed E-state index contributed by atoms with van der Waals surface area (Å²) in [6, 6.07) is 5.70. The molecule has 2 aromatic heterocycles. The van der Waals surface area contributed by atoms with Gasteiger partial charge in [-0.05, 0) is 19.1 Å². The minimum atomic E-state index is -0.895. The van der Waals surface area contributed by atoms with Crippen molar-refractivity contribution in [2.75, 3.05) is 12.4 Å². The molecular weight excluding hydrogens is 328 g/mol. The predicted octanol–water partition coefficient (Wildman–Crippen LogP) is 3.02. The Balaban J connectivity index is 1.82. The van der Waals surface area contributed by atoms with E-state index in [0.717, 1.165) is 17.1 Å². The number of aromatic nitrogens is 3. The number of hydrogen-bond donors (Lipinski definition) is 2. The molecule has 7 nitrogen and oxygen atoms in total. The van der Waals surface area contributed by atoms with Gasteiger partial charge in [-0.1, -0.05) is 0 Å². The normalized spacial score (nSPS) is 10.6. The molecule has 0 aliphatic heterocycles. The van der Waals surface area contributed by atoms with E-state index in [1.807, 2.05) is 35.9 Å². The number of ether oxygens (including phenoxy) is 1. The molecule has 0 unspecified atom stereocenters. The van der Waals surface area contributed by atoms with Crippen LogP contribution in [0.25, 0.3) is 5.69 Å². The number of aryl methyl sites for hydroxylation is 1. The van der Waals surface area contributed by atoms with E-state index in [9.17, 15) is 4.79 Å². The zero-order valence-corrected chi connectivity index (χ0v) is 14.0. The van der Waals surface area contributed by atoms with Gasteiger partial charge in [0.25, 0.3) is 0 Å². The Morgan fingerprint density at radius 2 is 2.29 bits per heavy atom. The first kappa shape index (κ1) is 16.0. The number of benzene rings is 1. The van der Waals surface area contributed by atoms with Gasteiger partial charge in [-0.15, -0.1) is 11.3 Å². The number of thiazole rings is 1. The van der Waals surface area contributed by atoms with Crippen molar-refractivity contribution in [2.45, 2.75) is 13.3 Å². The summed E-state index contributed by atoms with van der Waals surface area (Å²) < 4.78 is 7.36. The van der Waals surface area contributed by atoms with Crippen molar-refractivity contribution < 1.29 is 14.6 Å². The van der Waals surface area contributed by atoms with Crippen LogP contribution in [0.1, 0.15) is 11.4 Å². The van der Waals surface area contributed by atoms with Crippen molar-refractivity contribution in [3.05, 3.63) is 47.5 Å². The molecule has 3 rings (SSSR count). The number of carboxylic acid groups (broad SMARTS) is 1. The van der Waals surface area contributed by atoms with E-state index in [1.165, 1.54) is 11.3 Å². The molecule has 3 aromatic rings. The Morgan fingerprint density at radius 1 is 1.46 bits per heavy atom. The lowest BCUT2D eigenvalue weighted by molar-refractivity contribution is -0.136. The van der Waals surface area contributed by atoms with E-state index in [0.29, 0.717) is 16.6 Å². The fourth-order valence-electron chi connectivity index (χ4n) is 2.25. The first-order valence-electron chi connectivity index (χ1n) is 7.17. The van der Waals surface area contributed by atoms with Crippen molar-refractivity contribution >= 4 is 28.1 Å². The summed E-state index contributed by atoms with van der Waals surface area (Å²) in [5, 5.41) is 14.3. The Labute approximate surface area is 142 Å². The number of hydrogen-bond acceptors (Lipinski definition) is 6. The topological polar surface area (TPSA) is 89.3 Å². The molecule has 0 spiro atoms. The smallest absolute Gasteiger partial charge is 0.309 e. The number of nitrogens with one attached hydrogen (secondary N) is 1. The molecule has 0 saturated carbocycles. The highest BCUT2D eigenvalue weighted by atomic mass is 32.1. The van der Waals surface area contributed by atoms with Crippen LogP contribution >= 0.6 is 11.3 Å². The summed E-state index contributed by atoms with van der Waals surface area (Å²) in [5.74, 6) is -0.201. The monoisotopic (exact) mass is 344 g/mol.